The molecule has 0 unspecified atom stereocenters. The first kappa shape index (κ1) is 17.3. The molecular formula is C17H14Cl2N2O4. The number of urea groups is 1. The molecule has 0 aliphatic carbocycles. The first-order valence-electron chi connectivity index (χ1n) is 7.29. The van der Waals surface area contributed by atoms with Crippen LogP contribution in [-0.4, -0.2) is 22.8 Å². The van der Waals surface area contributed by atoms with E-state index < -0.39 is 6.03 Å². The molecular weight excluding hydrogens is 367 g/mol. The fourth-order valence-corrected chi connectivity index (χ4v) is 2.71. The van der Waals surface area contributed by atoms with Crippen molar-refractivity contribution < 1.29 is 19.4 Å². The molecule has 1 aliphatic rings. The Morgan fingerprint density at radius 3 is 2.48 bits per heavy atom. The number of hydrogen-bond donors (Lipinski definition) is 2. The van der Waals surface area contributed by atoms with E-state index in [1.165, 1.54) is 23.3 Å². The number of halogens is 2. The van der Waals surface area contributed by atoms with E-state index in [0.29, 0.717) is 5.69 Å². The van der Waals surface area contributed by atoms with E-state index in [0.717, 1.165) is 5.56 Å². The summed E-state index contributed by atoms with van der Waals surface area (Å²) in [6.07, 6.45) is 1.37. The number of hydrogen-bond acceptors (Lipinski definition) is 4. The van der Waals surface area contributed by atoms with Crippen molar-refractivity contribution in [1.29, 1.82) is 0 Å². The molecule has 0 aromatic heterocycles. The van der Waals surface area contributed by atoms with Crippen molar-refractivity contribution >= 4 is 34.9 Å². The summed E-state index contributed by atoms with van der Waals surface area (Å²) in [6.45, 7) is 0.326. The molecule has 0 saturated carbocycles. The minimum Gasteiger partial charge on any atom is -0.505 e. The van der Waals surface area contributed by atoms with Gasteiger partial charge in [-0.25, -0.2) is 4.79 Å². The molecule has 2 aromatic rings. The van der Waals surface area contributed by atoms with Crippen molar-refractivity contribution in [2.75, 3.05) is 12.1 Å². The summed E-state index contributed by atoms with van der Waals surface area (Å²) < 4.78 is 10.4. The standard InChI is InChI=1S/C17H14Cl2N2O4/c18-13-6-12(7-14(19)16(13)22)20-17(23)21(15-9-24-10-25-15)8-11-4-2-1-3-5-11/h1-7,9,22H,8,10H2,(H,20,23). The number of carbonyl (C=O) groups excluding carboxylic acids is 1. The molecule has 0 radical (unpaired) electrons. The van der Waals surface area contributed by atoms with Gasteiger partial charge in [0.2, 0.25) is 12.7 Å². The van der Waals surface area contributed by atoms with E-state index in [1.807, 2.05) is 30.3 Å². The van der Waals surface area contributed by atoms with E-state index in [1.54, 1.807) is 0 Å². The molecule has 3 rings (SSSR count). The normalized spacial score (nSPS) is 12.8. The Bertz CT molecular complexity index is 789. The van der Waals surface area contributed by atoms with Gasteiger partial charge < -0.3 is 19.9 Å². The van der Waals surface area contributed by atoms with Gasteiger partial charge in [0.15, 0.2) is 5.75 Å². The third kappa shape index (κ3) is 4.10. The monoisotopic (exact) mass is 380 g/mol. The number of nitrogens with zero attached hydrogens (tertiary/aromatic N) is 1. The van der Waals surface area contributed by atoms with Crippen LogP contribution < -0.4 is 5.32 Å². The first-order chi connectivity index (χ1) is 12.0. The molecule has 6 nitrogen and oxygen atoms in total. The number of carbonyl (C=O) groups is 1. The molecule has 0 atom stereocenters. The Morgan fingerprint density at radius 2 is 1.88 bits per heavy atom. The van der Waals surface area contributed by atoms with E-state index in [4.69, 9.17) is 32.7 Å². The predicted octanol–water partition coefficient (Wildman–Crippen LogP) is 4.54. The summed E-state index contributed by atoms with van der Waals surface area (Å²) in [5.74, 6) is 0.0510. The van der Waals surface area contributed by atoms with E-state index in [9.17, 15) is 9.90 Å². The SMILES string of the molecule is O=C(Nc1cc(Cl)c(O)c(Cl)c1)N(Cc1ccccc1)C1=COCO1. The largest absolute Gasteiger partial charge is 0.505 e. The second kappa shape index (κ2) is 7.55. The van der Waals surface area contributed by atoms with Gasteiger partial charge in [0.1, 0.15) is 6.26 Å². The summed E-state index contributed by atoms with van der Waals surface area (Å²) in [5, 5.41) is 12.4. The minimum absolute atomic E-state index is 0.0390. The third-order valence-electron chi connectivity index (χ3n) is 3.42. The molecule has 130 valence electrons. The van der Waals surface area contributed by atoms with Gasteiger partial charge in [-0.05, 0) is 17.7 Å². The van der Waals surface area contributed by atoms with Gasteiger partial charge in [0.05, 0.1) is 16.6 Å². The zero-order valence-electron chi connectivity index (χ0n) is 12.9. The lowest BCUT2D eigenvalue weighted by atomic mass is 10.2. The summed E-state index contributed by atoms with van der Waals surface area (Å²) in [6, 6.07) is 11.8. The summed E-state index contributed by atoms with van der Waals surface area (Å²) in [4.78, 5) is 14.1. The molecule has 0 fully saturated rings. The Kier molecular flexibility index (Phi) is 5.21. The highest BCUT2D eigenvalue weighted by atomic mass is 35.5. The van der Waals surface area contributed by atoms with Gasteiger partial charge in [0.25, 0.3) is 0 Å². The average molecular weight is 381 g/mol. The summed E-state index contributed by atoms with van der Waals surface area (Å²) in [7, 11) is 0. The van der Waals surface area contributed by atoms with Crippen molar-refractivity contribution in [2.24, 2.45) is 0 Å². The van der Waals surface area contributed by atoms with Crippen LogP contribution in [0.15, 0.2) is 54.6 Å². The number of nitrogens with one attached hydrogen (secondary N) is 1. The van der Waals surface area contributed by atoms with Crippen molar-refractivity contribution in [3.8, 4) is 5.75 Å². The molecule has 1 aliphatic heterocycles. The van der Waals surface area contributed by atoms with Crippen molar-refractivity contribution in [3.63, 3.8) is 0 Å². The predicted molar refractivity (Wildman–Crippen MR) is 94.3 cm³/mol. The maximum absolute atomic E-state index is 12.7. The fraction of sp³-hybridized carbons (Fsp3) is 0.118. The topological polar surface area (TPSA) is 71.0 Å². The zero-order chi connectivity index (χ0) is 17.8. The molecule has 2 N–H and O–H groups in total. The van der Waals surface area contributed by atoms with Crippen LogP contribution in [0.2, 0.25) is 10.0 Å². The van der Waals surface area contributed by atoms with Gasteiger partial charge in [0, 0.05) is 5.69 Å². The Labute approximate surface area is 154 Å². The number of amides is 2. The second-order valence-electron chi connectivity index (χ2n) is 5.18. The van der Waals surface area contributed by atoms with Crippen LogP contribution in [0.1, 0.15) is 5.56 Å². The number of anilines is 1. The lowest BCUT2D eigenvalue weighted by Crippen LogP contribution is -2.34. The summed E-state index contributed by atoms with van der Waals surface area (Å²) in [5.41, 5.74) is 1.26. The van der Waals surface area contributed by atoms with Gasteiger partial charge in [-0.15, -0.1) is 0 Å². The molecule has 1 heterocycles. The van der Waals surface area contributed by atoms with Crippen molar-refractivity contribution in [3.05, 3.63) is 70.2 Å². The van der Waals surface area contributed by atoms with Gasteiger partial charge >= 0.3 is 6.03 Å². The van der Waals surface area contributed by atoms with Gasteiger partial charge in [-0.3, -0.25) is 4.90 Å². The van der Waals surface area contributed by atoms with Crippen LogP contribution in [0.3, 0.4) is 0 Å². The number of phenols is 1. The Hall–Kier alpha value is -2.57. The third-order valence-corrected chi connectivity index (χ3v) is 4.00. The Morgan fingerprint density at radius 1 is 1.20 bits per heavy atom. The quantitative estimate of drug-likeness (QED) is 0.763. The number of ether oxygens (including phenoxy) is 2. The highest BCUT2D eigenvalue weighted by Gasteiger charge is 2.24. The van der Waals surface area contributed by atoms with Crippen LogP contribution in [0.4, 0.5) is 10.5 Å². The fourth-order valence-electron chi connectivity index (χ4n) is 2.22. The second-order valence-corrected chi connectivity index (χ2v) is 5.99. The van der Waals surface area contributed by atoms with Crippen molar-refractivity contribution in [2.45, 2.75) is 6.54 Å². The van der Waals surface area contributed by atoms with Crippen molar-refractivity contribution in [1.82, 2.24) is 4.90 Å². The van der Waals surface area contributed by atoms with E-state index in [-0.39, 0.29) is 35.0 Å². The smallest absolute Gasteiger partial charge is 0.329 e. The maximum atomic E-state index is 12.7. The number of phenolic OH excluding ortho intramolecular Hbond substituents is 1. The molecule has 0 saturated heterocycles. The molecule has 8 heteroatoms. The van der Waals surface area contributed by atoms with Crippen LogP contribution >= 0.6 is 23.2 Å². The number of aromatic hydroxyl groups is 1. The Balaban J connectivity index is 1.82. The van der Waals surface area contributed by atoms with Gasteiger partial charge in [-0.1, -0.05) is 53.5 Å². The van der Waals surface area contributed by atoms with E-state index >= 15 is 0 Å². The molecule has 25 heavy (non-hydrogen) atoms. The van der Waals surface area contributed by atoms with Gasteiger partial charge in [-0.2, -0.15) is 0 Å². The first-order valence-corrected chi connectivity index (χ1v) is 8.05. The van der Waals surface area contributed by atoms with Crippen LogP contribution in [0.25, 0.3) is 0 Å². The zero-order valence-corrected chi connectivity index (χ0v) is 14.4. The maximum Gasteiger partial charge on any atom is 0.329 e. The molecule has 2 amide bonds. The highest BCUT2D eigenvalue weighted by Crippen LogP contribution is 2.34. The lowest BCUT2D eigenvalue weighted by molar-refractivity contribution is 0.0554. The highest BCUT2D eigenvalue weighted by molar-refractivity contribution is 6.37. The number of benzene rings is 2. The molecule has 0 spiro atoms. The lowest BCUT2D eigenvalue weighted by Gasteiger charge is -2.22. The van der Waals surface area contributed by atoms with E-state index in [2.05, 4.69) is 5.32 Å². The summed E-state index contributed by atoms with van der Waals surface area (Å²) >= 11 is 11.8. The number of rotatable bonds is 4. The minimum atomic E-state index is -0.460. The molecule has 2 aromatic carbocycles. The molecule has 0 bridgehead atoms. The average Bonchev–Trinajstić information content (AvgIpc) is 3.12. The van der Waals surface area contributed by atoms with Crippen LogP contribution in [0, 0.1) is 0 Å². The van der Waals surface area contributed by atoms with Crippen LogP contribution in [-0.2, 0) is 16.0 Å². The van der Waals surface area contributed by atoms with Crippen LogP contribution in [0.5, 0.6) is 5.75 Å².